The second-order valence-electron chi connectivity index (χ2n) is 8.01. The zero-order chi connectivity index (χ0) is 21.8. The van der Waals surface area contributed by atoms with E-state index in [4.69, 9.17) is 0 Å². The number of aryl methyl sites for hydroxylation is 3. The minimum absolute atomic E-state index is 0.0538. The van der Waals surface area contributed by atoms with Crippen molar-refractivity contribution in [3.63, 3.8) is 0 Å². The number of amides is 1. The molecule has 0 saturated carbocycles. The van der Waals surface area contributed by atoms with Crippen LogP contribution < -0.4 is 5.32 Å². The summed E-state index contributed by atoms with van der Waals surface area (Å²) in [6, 6.07) is 13.3. The minimum atomic E-state index is -3.38. The van der Waals surface area contributed by atoms with Crippen LogP contribution in [-0.2, 0) is 27.5 Å². The van der Waals surface area contributed by atoms with Crippen molar-refractivity contribution in [1.29, 1.82) is 0 Å². The molecule has 1 amide bonds. The lowest BCUT2D eigenvalue weighted by molar-refractivity contribution is -0.116. The van der Waals surface area contributed by atoms with Crippen molar-refractivity contribution in [1.82, 2.24) is 4.98 Å². The largest absolute Gasteiger partial charge is 0.302 e. The summed E-state index contributed by atoms with van der Waals surface area (Å²) >= 11 is 1.39. The van der Waals surface area contributed by atoms with Gasteiger partial charge in [0.2, 0.25) is 5.91 Å². The van der Waals surface area contributed by atoms with Crippen molar-refractivity contribution in [2.24, 2.45) is 0 Å². The molecule has 0 radical (unpaired) electrons. The fraction of sp³-hybridized carbons (Fsp3) is 0.333. The van der Waals surface area contributed by atoms with Gasteiger partial charge in [0.15, 0.2) is 15.0 Å². The minimum Gasteiger partial charge on any atom is -0.302 e. The van der Waals surface area contributed by atoms with Crippen LogP contribution in [0, 0.1) is 6.92 Å². The molecule has 3 aromatic rings. The molecular formula is C24H26N2O3S2. The maximum atomic E-state index is 12.4. The third kappa shape index (κ3) is 5.40. The fourth-order valence-corrected chi connectivity index (χ4v) is 5.87. The maximum Gasteiger partial charge on any atom is 0.226 e. The lowest BCUT2D eigenvalue weighted by Crippen LogP contribution is -2.14. The third-order valence-corrected chi connectivity index (χ3v) is 8.17. The maximum absolute atomic E-state index is 12.4. The summed E-state index contributed by atoms with van der Waals surface area (Å²) in [7, 11) is -3.38. The highest BCUT2D eigenvalue weighted by Gasteiger charge is 2.16. The summed E-state index contributed by atoms with van der Waals surface area (Å²) in [6.45, 7) is 1.91. The van der Waals surface area contributed by atoms with Crippen molar-refractivity contribution in [2.75, 3.05) is 11.1 Å². The van der Waals surface area contributed by atoms with Gasteiger partial charge in [-0.1, -0.05) is 29.8 Å². The van der Waals surface area contributed by atoms with E-state index >= 15 is 0 Å². The number of thiazole rings is 1. The summed E-state index contributed by atoms with van der Waals surface area (Å²) in [6.07, 6.45) is 5.15. The average Bonchev–Trinajstić information content (AvgIpc) is 3.22. The average molecular weight is 455 g/mol. The molecule has 1 aliphatic rings. The predicted molar refractivity (Wildman–Crippen MR) is 125 cm³/mol. The number of aromatic nitrogens is 1. The van der Waals surface area contributed by atoms with Crippen LogP contribution in [0.2, 0.25) is 0 Å². The normalized spacial score (nSPS) is 13.6. The number of hydrogen-bond acceptors (Lipinski definition) is 5. The molecule has 0 atom stereocenters. The van der Waals surface area contributed by atoms with E-state index in [0.717, 1.165) is 29.7 Å². The summed E-state index contributed by atoms with van der Waals surface area (Å²) in [4.78, 5) is 17.1. The predicted octanol–water partition coefficient (Wildman–Crippen LogP) is 5.19. The molecule has 2 aromatic carbocycles. The van der Waals surface area contributed by atoms with Gasteiger partial charge < -0.3 is 5.32 Å². The van der Waals surface area contributed by atoms with E-state index in [1.807, 2.05) is 12.3 Å². The van der Waals surface area contributed by atoms with Crippen LogP contribution in [0.4, 0.5) is 5.13 Å². The van der Waals surface area contributed by atoms with Gasteiger partial charge in [0.05, 0.1) is 16.3 Å². The SMILES string of the molecule is Cc1ccc(S(=O)(=O)CCCC(=O)Nc2nc(-c3ccc4c(c3)CCCC4)cs2)cc1. The van der Waals surface area contributed by atoms with Crippen LogP contribution in [-0.4, -0.2) is 25.1 Å². The van der Waals surface area contributed by atoms with Crippen molar-refractivity contribution < 1.29 is 13.2 Å². The van der Waals surface area contributed by atoms with Gasteiger partial charge in [0.1, 0.15) is 0 Å². The lowest BCUT2D eigenvalue weighted by Gasteiger charge is -2.16. The number of anilines is 1. The molecule has 1 aliphatic carbocycles. The Hall–Kier alpha value is -2.51. The highest BCUT2D eigenvalue weighted by atomic mass is 32.2. The number of nitrogens with zero attached hydrogens (tertiary/aromatic N) is 1. The third-order valence-electron chi connectivity index (χ3n) is 5.59. The van der Waals surface area contributed by atoms with Crippen molar-refractivity contribution in [3.8, 4) is 11.3 Å². The van der Waals surface area contributed by atoms with Crippen LogP contribution in [0.15, 0.2) is 52.7 Å². The Balaban J connectivity index is 1.31. The van der Waals surface area contributed by atoms with Gasteiger partial charge in [-0.3, -0.25) is 4.79 Å². The number of fused-ring (bicyclic) bond motifs is 1. The first-order valence-electron chi connectivity index (χ1n) is 10.6. The van der Waals surface area contributed by atoms with Crippen molar-refractivity contribution >= 4 is 32.2 Å². The highest BCUT2D eigenvalue weighted by Crippen LogP contribution is 2.29. The molecule has 7 heteroatoms. The van der Waals surface area contributed by atoms with Crippen LogP contribution in [0.3, 0.4) is 0 Å². The quantitative estimate of drug-likeness (QED) is 0.533. The number of carbonyl (C=O) groups excluding carboxylic acids is 1. The summed E-state index contributed by atoms with van der Waals surface area (Å²) in [5, 5.41) is 5.29. The highest BCUT2D eigenvalue weighted by molar-refractivity contribution is 7.91. The smallest absolute Gasteiger partial charge is 0.226 e. The van der Waals surface area contributed by atoms with Gasteiger partial charge in [-0.05, 0) is 68.4 Å². The molecule has 0 spiro atoms. The van der Waals surface area contributed by atoms with Gasteiger partial charge in [-0.25, -0.2) is 13.4 Å². The van der Waals surface area contributed by atoms with Crippen LogP contribution in [0.1, 0.15) is 42.4 Å². The molecule has 0 saturated heterocycles. The monoisotopic (exact) mass is 454 g/mol. The van der Waals surface area contributed by atoms with Gasteiger partial charge in [0.25, 0.3) is 0 Å². The molecule has 0 aliphatic heterocycles. The van der Waals surface area contributed by atoms with Crippen LogP contribution in [0.5, 0.6) is 0 Å². The Morgan fingerprint density at radius 1 is 1.06 bits per heavy atom. The summed E-state index contributed by atoms with van der Waals surface area (Å²) < 4.78 is 24.8. The number of rotatable bonds is 7. The molecule has 1 N–H and O–H groups in total. The number of hydrogen-bond donors (Lipinski definition) is 1. The van der Waals surface area contributed by atoms with Gasteiger partial charge in [0, 0.05) is 17.4 Å². The number of carbonyl (C=O) groups is 1. The van der Waals surface area contributed by atoms with Gasteiger partial charge in [-0.2, -0.15) is 0 Å². The molecule has 0 fully saturated rings. The van der Waals surface area contributed by atoms with E-state index in [9.17, 15) is 13.2 Å². The number of benzene rings is 2. The Morgan fingerprint density at radius 3 is 2.58 bits per heavy atom. The first-order chi connectivity index (χ1) is 14.9. The summed E-state index contributed by atoms with van der Waals surface area (Å²) in [5.74, 6) is -0.271. The zero-order valence-electron chi connectivity index (χ0n) is 17.6. The molecule has 5 nitrogen and oxygen atoms in total. The summed E-state index contributed by atoms with van der Waals surface area (Å²) in [5.41, 5.74) is 5.77. The van der Waals surface area contributed by atoms with Crippen molar-refractivity contribution in [3.05, 3.63) is 64.5 Å². The van der Waals surface area contributed by atoms with E-state index in [1.165, 1.54) is 35.3 Å². The molecule has 0 bridgehead atoms. The second kappa shape index (κ2) is 9.32. The Morgan fingerprint density at radius 2 is 1.81 bits per heavy atom. The molecule has 162 valence electrons. The fourth-order valence-electron chi connectivity index (χ4n) is 3.82. The van der Waals surface area contributed by atoms with Crippen LogP contribution in [0.25, 0.3) is 11.3 Å². The van der Waals surface area contributed by atoms with Gasteiger partial charge in [-0.15, -0.1) is 11.3 Å². The second-order valence-corrected chi connectivity index (χ2v) is 11.0. The topological polar surface area (TPSA) is 76.1 Å². The Kier molecular flexibility index (Phi) is 6.53. The first-order valence-corrected chi connectivity index (χ1v) is 13.1. The molecular weight excluding hydrogens is 428 g/mol. The molecule has 0 unspecified atom stereocenters. The van der Waals surface area contributed by atoms with Crippen molar-refractivity contribution in [2.45, 2.75) is 50.3 Å². The van der Waals surface area contributed by atoms with E-state index in [-0.39, 0.29) is 24.5 Å². The van der Waals surface area contributed by atoms with E-state index in [2.05, 4.69) is 28.5 Å². The number of sulfone groups is 1. The first kappa shape index (κ1) is 21.7. The molecule has 1 heterocycles. The standard InChI is InChI=1S/C24H26N2O3S2/c1-17-8-12-21(13-9-17)31(28,29)14-4-7-23(27)26-24-25-22(16-30-24)20-11-10-18-5-2-3-6-19(18)15-20/h8-13,15-16H,2-7,14H2,1H3,(H,25,26,27). The zero-order valence-corrected chi connectivity index (χ0v) is 19.2. The Bertz CT molecular complexity index is 1180. The van der Waals surface area contributed by atoms with E-state index in [0.29, 0.717) is 10.0 Å². The van der Waals surface area contributed by atoms with E-state index < -0.39 is 9.84 Å². The van der Waals surface area contributed by atoms with Crippen LogP contribution >= 0.6 is 11.3 Å². The Labute approximate surface area is 187 Å². The molecule has 1 aromatic heterocycles. The number of nitrogens with one attached hydrogen (secondary N) is 1. The molecule has 31 heavy (non-hydrogen) atoms. The lowest BCUT2D eigenvalue weighted by atomic mass is 9.90. The molecule has 4 rings (SSSR count). The van der Waals surface area contributed by atoms with Gasteiger partial charge >= 0.3 is 0 Å². The van der Waals surface area contributed by atoms with E-state index in [1.54, 1.807) is 24.3 Å².